The normalized spacial score (nSPS) is 12.6. The lowest BCUT2D eigenvalue weighted by Gasteiger charge is -2.20. The summed E-state index contributed by atoms with van der Waals surface area (Å²) in [5, 5.41) is 5.82. The lowest BCUT2D eigenvalue weighted by Crippen LogP contribution is -2.27. The zero-order valence-corrected chi connectivity index (χ0v) is 30.5. The van der Waals surface area contributed by atoms with Crippen molar-refractivity contribution < 1.29 is 18.4 Å². The molecule has 0 heterocycles. The molecule has 5 aromatic rings. The van der Waals surface area contributed by atoms with Gasteiger partial charge < -0.3 is 15.2 Å². The van der Waals surface area contributed by atoms with E-state index < -0.39 is 17.0 Å². The minimum absolute atomic E-state index is 0.0321. The van der Waals surface area contributed by atoms with Gasteiger partial charge in [0.15, 0.2) is 11.1 Å². The molecule has 5 aromatic carbocycles. The smallest absolute Gasteiger partial charge is 0.251 e. The largest absolute Gasteiger partial charge is 0.351 e. The number of aryl methyl sites for hydroxylation is 3. The van der Waals surface area contributed by atoms with E-state index in [1.54, 1.807) is 12.1 Å². The fraction of sp³-hybridized carbons (Fsp3) is 0.256. The van der Waals surface area contributed by atoms with Crippen LogP contribution in [0.5, 0.6) is 0 Å². The van der Waals surface area contributed by atoms with Gasteiger partial charge in [-0.15, -0.1) is 0 Å². The van der Waals surface area contributed by atoms with Crippen molar-refractivity contribution in [2.24, 2.45) is 0 Å². The quantitative estimate of drug-likeness (QED) is 0.121. The maximum Gasteiger partial charge on any atom is 0.251 e. The molecule has 258 valence electrons. The van der Waals surface area contributed by atoms with Gasteiger partial charge in [0.25, 0.3) is 5.91 Å². The third-order valence-corrected chi connectivity index (χ3v) is 9.60. The number of nitrogens with one attached hydrogen (secondary N) is 2. The average Bonchev–Trinajstić information content (AvgIpc) is 3.07. The summed E-state index contributed by atoms with van der Waals surface area (Å²) >= 11 is -1.97. The van der Waals surface area contributed by atoms with E-state index in [1.165, 1.54) is 27.8 Å². The molecule has 50 heavy (non-hydrogen) atoms. The second-order valence-corrected chi connectivity index (χ2v) is 15.1. The van der Waals surface area contributed by atoms with Gasteiger partial charge in [0, 0.05) is 17.8 Å². The molecule has 0 fully saturated rings. The minimum Gasteiger partial charge on any atom is -0.351 e. The van der Waals surface area contributed by atoms with E-state index >= 15 is 0 Å². The van der Waals surface area contributed by atoms with Crippen molar-refractivity contribution >= 4 is 28.6 Å². The third kappa shape index (κ3) is 9.23. The Morgan fingerprint density at radius 3 is 1.82 bits per heavy atom. The predicted octanol–water partition coefficient (Wildman–Crippen LogP) is 9.16. The van der Waals surface area contributed by atoms with Crippen molar-refractivity contribution in [3.05, 3.63) is 148 Å². The molecule has 2 amide bonds. The number of rotatable bonds is 11. The van der Waals surface area contributed by atoms with E-state index in [2.05, 4.69) is 113 Å². The summed E-state index contributed by atoms with van der Waals surface area (Å²) in [7, 11) is 0. The maximum atomic E-state index is 14.0. The molecule has 0 aliphatic carbocycles. The Hall–Kier alpha value is -4.85. The Kier molecular flexibility index (Phi) is 11.5. The standard InChI is InChI=1S/C43H46N2O4S/c1-28-25-29(2)40(30(3)26-28)35-17-21-38(22-18-35)45-42(47)39(27-31-7-9-36(10-8-31)41(46)44-23-24-50(48)49)34-13-11-32(12-14-34)33-15-19-37(20-16-33)43(4,5)6/h7-22,25-26,39H,23-24,27H2,1-6H3,(H,44,46)(H,45,47)(H,48,49)/t39-/m1/s1. The molecule has 0 saturated heterocycles. The predicted molar refractivity (Wildman–Crippen MR) is 206 cm³/mol. The second kappa shape index (κ2) is 15.8. The van der Waals surface area contributed by atoms with Crippen LogP contribution in [0.2, 0.25) is 0 Å². The summed E-state index contributed by atoms with van der Waals surface area (Å²) in [5.74, 6) is -0.966. The maximum absolute atomic E-state index is 14.0. The van der Waals surface area contributed by atoms with E-state index in [1.807, 2.05) is 36.4 Å². The molecule has 0 aromatic heterocycles. The van der Waals surface area contributed by atoms with Gasteiger partial charge in [0.2, 0.25) is 5.91 Å². The summed E-state index contributed by atoms with van der Waals surface area (Å²) in [4.78, 5) is 26.6. The van der Waals surface area contributed by atoms with Crippen LogP contribution < -0.4 is 10.6 Å². The highest BCUT2D eigenvalue weighted by molar-refractivity contribution is 7.79. The monoisotopic (exact) mass is 686 g/mol. The second-order valence-electron chi connectivity index (χ2n) is 14.0. The summed E-state index contributed by atoms with van der Waals surface area (Å²) in [6.07, 6.45) is 0.427. The fourth-order valence-corrected chi connectivity index (χ4v) is 6.68. The van der Waals surface area contributed by atoms with Crippen molar-refractivity contribution in [2.45, 2.75) is 59.3 Å². The van der Waals surface area contributed by atoms with Crippen LogP contribution in [0.3, 0.4) is 0 Å². The Bertz CT molecular complexity index is 1950. The van der Waals surface area contributed by atoms with Crippen molar-refractivity contribution in [1.82, 2.24) is 5.32 Å². The topological polar surface area (TPSA) is 95.5 Å². The van der Waals surface area contributed by atoms with Gasteiger partial charge in [0.1, 0.15) is 0 Å². The average molecular weight is 687 g/mol. The molecule has 0 radical (unpaired) electrons. The summed E-state index contributed by atoms with van der Waals surface area (Å²) in [5.41, 5.74) is 12.5. The van der Waals surface area contributed by atoms with Crippen molar-refractivity contribution in [2.75, 3.05) is 17.6 Å². The highest BCUT2D eigenvalue weighted by Gasteiger charge is 2.22. The molecule has 0 spiro atoms. The highest BCUT2D eigenvalue weighted by atomic mass is 32.2. The van der Waals surface area contributed by atoms with Crippen LogP contribution in [0.1, 0.15) is 70.4 Å². The SMILES string of the molecule is Cc1cc(C)c(-c2ccc(NC(=O)[C@H](Cc3ccc(C(=O)NCCS(=O)O)cc3)c3ccc(-c4ccc(C(C)(C)C)cc4)cc3)cc2)c(C)c1. The van der Waals surface area contributed by atoms with Crippen LogP contribution in [0, 0.1) is 20.8 Å². The summed E-state index contributed by atoms with van der Waals surface area (Å²) in [6.45, 7) is 13.1. The summed E-state index contributed by atoms with van der Waals surface area (Å²) in [6, 6.07) is 36.3. The van der Waals surface area contributed by atoms with Crippen LogP contribution in [0.4, 0.5) is 5.69 Å². The summed E-state index contributed by atoms with van der Waals surface area (Å²) < 4.78 is 19.9. The number of anilines is 1. The molecule has 3 N–H and O–H groups in total. The van der Waals surface area contributed by atoms with E-state index in [9.17, 15) is 13.8 Å². The molecule has 0 aliphatic heterocycles. The number of carbonyl (C=O) groups is 2. The number of amides is 2. The van der Waals surface area contributed by atoms with Crippen molar-refractivity contribution in [1.29, 1.82) is 0 Å². The van der Waals surface area contributed by atoms with Gasteiger partial charge in [-0.2, -0.15) is 0 Å². The van der Waals surface area contributed by atoms with E-state index in [0.29, 0.717) is 12.0 Å². The van der Waals surface area contributed by atoms with E-state index in [4.69, 9.17) is 4.55 Å². The minimum atomic E-state index is -1.97. The third-order valence-electron chi connectivity index (χ3n) is 9.05. The zero-order chi connectivity index (χ0) is 36.0. The lowest BCUT2D eigenvalue weighted by atomic mass is 9.86. The molecule has 5 rings (SSSR count). The number of benzene rings is 5. The van der Waals surface area contributed by atoms with Crippen LogP contribution in [-0.2, 0) is 27.7 Å². The van der Waals surface area contributed by atoms with Gasteiger partial charge in [-0.3, -0.25) is 9.59 Å². The first-order chi connectivity index (χ1) is 23.8. The molecular weight excluding hydrogens is 641 g/mol. The molecular formula is C43H46N2O4S. The van der Waals surface area contributed by atoms with Crippen LogP contribution in [-0.4, -0.2) is 32.9 Å². The lowest BCUT2D eigenvalue weighted by molar-refractivity contribution is -0.117. The van der Waals surface area contributed by atoms with Gasteiger partial charge >= 0.3 is 0 Å². The Morgan fingerprint density at radius 2 is 1.28 bits per heavy atom. The number of hydrogen-bond acceptors (Lipinski definition) is 3. The van der Waals surface area contributed by atoms with Gasteiger partial charge in [0.05, 0.1) is 11.7 Å². The van der Waals surface area contributed by atoms with Crippen LogP contribution >= 0.6 is 0 Å². The molecule has 0 saturated carbocycles. The molecule has 2 atom stereocenters. The molecule has 6 nitrogen and oxygen atoms in total. The van der Waals surface area contributed by atoms with Gasteiger partial charge in [-0.05, 0) is 107 Å². The Morgan fingerprint density at radius 1 is 0.740 bits per heavy atom. The van der Waals surface area contributed by atoms with Gasteiger partial charge in [-0.25, -0.2) is 4.21 Å². The zero-order valence-electron chi connectivity index (χ0n) is 29.7. The van der Waals surface area contributed by atoms with Crippen molar-refractivity contribution in [3.8, 4) is 22.3 Å². The van der Waals surface area contributed by atoms with Crippen molar-refractivity contribution in [3.63, 3.8) is 0 Å². The Labute approximate surface area is 298 Å². The molecule has 0 bridgehead atoms. The van der Waals surface area contributed by atoms with Crippen LogP contribution in [0.25, 0.3) is 22.3 Å². The Balaban J connectivity index is 1.38. The first-order valence-electron chi connectivity index (χ1n) is 16.9. The van der Waals surface area contributed by atoms with E-state index in [-0.39, 0.29) is 29.5 Å². The van der Waals surface area contributed by atoms with E-state index in [0.717, 1.165) is 33.5 Å². The van der Waals surface area contributed by atoms with Gasteiger partial charge in [-0.1, -0.05) is 111 Å². The van der Waals surface area contributed by atoms with Crippen LogP contribution in [0.15, 0.2) is 109 Å². The number of carbonyl (C=O) groups excluding carboxylic acids is 2. The molecule has 1 unspecified atom stereocenters. The fourth-order valence-electron chi connectivity index (χ4n) is 6.40. The first-order valence-corrected chi connectivity index (χ1v) is 18.2. The highest BCUT2D eigenvalue weighted by Crippen LogP contribution is 2.31. The first kappa shape index (κ1) is 36.4. The molecule has 7 heteroatoms. The molecule has 0 aliphatic rings. The number of hydrogen-bond donors (Lipinski definition) is 3.